The van der Waals surface area contributed by atoms with Crippen LogP contribution in [-0.2, 0) is 16.0 Å². The highest BCUT2D eigenvalue weighted by Crippen LogP contribution is 2.20. The molecule has 0 atom stereocenters. The lowest BCUT2D eigenvalue weighted by Gasteiger charge is -2.05. The number of hydrogen-bond acceptors (Lipinski definition) is 3. The van der Waals surface area contributed by atoms with Gasteiger partial charge < -0.3 is 4.74 Å². The van der Waals surface area contributed by atoms with E-state index in [1.807, 2.05) is 0 Å². The maximum Gasteiger partial charge on any atom is 0.309 e. The molecule has 0 N–H and O–H groups in total. The van der Waals surface area contributed by atoms with Gasteiger partial charge in [0.1, 0.15) is 0 Å². The summed E-state index contributed by atoms with van der Waals surface area (Å²) in [6.07, 6.45) is 0.496. The molecule has 1 aromatic rings. The van der Waals surface area contributed by atoms with Crippen molar-refractivity contribution in [1.82, 2.24) is 0 Å². The number of carbonyl (C=O) groups excluding carboxylic acids is 2. The molecule has 0 aromatic heterocycles. The van der Waals surface area contributed by atoms with E-state index in [0.717, 1.165) is 5.56 Å². The Morgan fingerprint density at radius 2 is 2.12 bits per heavy atom. The Morgan fingerprint density at radius 3 is 2.65 bits per heavy atom. The lowest BCUT2D eigenvalue weighted by molar-refractivity contribution is -0.139. The predicted octanol–water partition coefficient (Wildman–Crippen LogP) is 2.98. The first-order valence-corrected chi connectivity index (χ1v) is 6.35. The molecule has 0 saturated heterocycles. The van der Waals surface area contributed by atoms with E-state index < -0.39 is 0 Å². The number of rotatable bonds is 5. The highest BCUT2D eigenvalue weighted by molar-refractivity contribution is 9.10. The molecule has 0 aliphatic rings. The summed E-state index contributed by atoms with van der Waals surface area (Å²) in [5.41, 5.74) is 1.38. The van der Waals surface area contributed by atoms with Crippen molar-refractivity contribution < 1.29 is 14.3 Å². The molecular formula is C12H12BrClO3. The summed E-state index contributed by atoms with van der Waals surface area (Å²) in [7, 11) is 1.34. The molecule has 17 heavy (non-hydrogen) atoms. The zero-order valence-corrected chi connectivity index (χ0v) is 11.7. The monoisotopic (exact) mass is 318 g/mol. The number of Topliss-reactive ketones (excluding diaryl/α,β-unsaturated/α-hetero) is 1. The lowest BCUT2D eigenvalue weighted by Crippen LogP contribution is -2.06. The van der Waals surface area contributed by atoms with Crippen molar-refractivity contribution in [3.63, 3.8) is 0 Å². The average molecular weight is 320 g/mol. The van der Waals surface area contributed by atoms with Gasteiger partial charge in [-0.2, -0.15) is 0 Å². The number of esters is 1. The maximum atomic E-state index is 11.6. The first kappa shape index (κ1) is 14.2. The van der Waals surface area contributed by atoms with E-state index in [2.05, 4.69) is 20.7 Å². The van der Waals surface area contributed by atoms with Crippen LogP contribution in [0.2, 0.25) is 0 Å². The van der Waals surface area contributed by atoms with Gasteiger partial charge in [0.15, 0.2) is 5.78 Å². The SMILES string of the molecule is COC(=O)Cc1ccc(C(=O)CCCl)c(Br)c1. The summed E-state index contributed by atoms with van der Waals surface area (Å²) in [6.45, 7) is 0. The molecule has 3 nitrogen and oxygen atoms in total. The van der Waals surface area contributed by atoms with Gasteiger partial charge in [-0.1, -0.05) is 22.0 Å². The molecule has 0 bridgehead atoms. The second kappa shape index (κ2) is 6.77. The number of methoxy groups -OCH3 is 1. The molecular weight excluding hydrogens is 307 g/mol. The van der Waals surface area contributed by atoms with Gasteiger partial charge in [-0.15, -0.1) is 11.6 Å². The van der Waals surface area contributed by atoms with Crippen LogP contribution in [0.5, 0.6) is 0 Å². The average Bonchev–Trinajstić information content (AvgIpc) is 2.29. The Bertz CT molecular complexity index is 432. The van der Waals surface area contributed by atoms with Crippen LogP contribution >= 0.6 is 27.5 Å². The largest absolute Gasteiger partial charge is 0.469 e. The van der Waals surface area contributed by atoms with E-state index in [1.54, 1.807) is 18.2 Å². The normalized spacial score (nSPS) is 10.1. The molecule has 0 spiro atoms. The van der Waals surface area contributed by atoms with E-state index in [9.17, 15) is 9.59 Å². The molecule has 0 aliphatic carbocycles. The third-order valence-corrected chi connectivity index (χ3v) is 3.08. The minimum atomic E-state index is -0.309. The van der Waals surface area contributed by atoms with Gasteiger partial charge >= 0.3 is 5.97 Å². The summed E-state index contributed by atoms with van der Waals surface area (Å²) < 4.78 is 5.25. The summed E-state index contributed by atoms with van der Waals surface area (Å²) in [5.74, 6) is -0.0249. The number of hydrogen-bond donors (Lipinski definition) is 0. The van der Waals surface area contributed by atoms with Gasteiger partial charge in [-0.05, 0) is 17.7 Å². The number of benzene rings is 1. The van der Waals surface area contributed by atoms with Crippen LogP contribution in [0.3, 0.4) is 0 Å². The first-order valence-electron chi connectivity index (χ1n) is 5.03. The molecule has 0 amide bonds. The minimum absolute atomic E-state index is 0.0171. The second-order valence-corrected chi connectivity index (χ2v) is 4.66. The molecule has 0 aliphatic heterocycles. The van der Waals surface area contributed by atoms with Crippen molar-refractivity contribution in [2.24, 2.45) is 0 Å². The zero-order chi connectivity index (χ0) is 12.8. The van der Waals surface area contributed by atoms with E-state index in [4.69, 9.17) is 11.6 Å². The van der Waals surface area contributed by atoms with Gasteiger partial charge in [0.05, 0.1) is 13.5 Å². The van der Waals surface area contributed by atoms with Crippen molar-refractivity contribution in [1.29, 1.82) is 0 Å². The van der Waals surface area contributed by atoms with Crippen LogP contribution < -0.4 is 0 Å². The van der Waals surface area contributed by atoms with E-state index in [0.29, 0.717) is 22.3 Å². The highest BCUT2D eigenvalue weighted by atomic mass is 79.9. The van der Waals surface area contributed by atoms with Crippen molar-refractivity contribution in [3.8, 4) is 0 Å². The van der Waals surface area contributed by atoms with E-state index in [-0.39, 0.29) is 18.2 Å². The third kappa shape index (κ3) is 4.13. The Labute approximate surface area is 113 Å². The summed E-state index contributed by atoms with van der Waals surface area (Å²) in [5, 5.41) is 0. The van der Waals surface area contributed by atoms with Gasteiger partial charge in [0.25, 0.3) is 0 Å². The topological polar surface area (TPSA) is 43.4 Å². The number of alkyl halides is 1. The number of carbonyl (C=O) groups is 2. The van der Waals surface area contributed by atoms with Crippen molar-refractivity contribution in [3.05, 3.63) is 33.8 Å². The Balaban J connectivity index is 2.86. The van der Waals surface area contributed by atoms with Crippen molar-refractivity contribution >= 4 is 39.3 Å². The van der Waals surface area contributed by atoms with Crippen LogP contribution in [0.1, 0.15) is 22.3 Å². The van der Waals surface area contributed by atoms with Gasteiger partial charge in [0, 0.05) is 22.3 Å². The van der Waals surface area contributed by atoms with Crippen molar-refractivity contribution in [2.45, 2.75) is 12.8 Å². The molecule has 0 unspecified atom stereocenters. The fourth-order valence-electron chi connectivity index (χ4n) is 1.35. The number of ether oxygens (including phenoxy) is 1. The summed E-state index contributed by atoms with van der Waals surface area (Å²) >= 11 is 8.83. The van der Waals surface area contributed by atoms with Gasteiger partial charge in [-0.25, -0.2) is 0 Å². The first-order chi connectivity index (χ1) is 8.08. The van der Waals surface area contributed by atoms with Crippen LogP contribution in [-0.4, -0.2) is 24.7 Å². The standard InChI is InChI=1S/C12H12BrClO3/c1-17-12(16)7-8-2-3-9(10(13)6-8)11(15)4-5-14/h2-3,6H,4-5,7H2,1H3. The summed E-state index contributed by atoms with van der Waals surface area (Å²) in [4.78, 5) is 22.7. The zero-order valence-electron chi connectivity index (χ0n) is 9.33. The second-order valence-electron chi connectivity index (χ2n) is 3.43. The highest BCUT2D eigenvalue weighted by Gasteiger charge is 2.11. The fraction of sp³-hybridized carbons (Fsp3) is 0.333. The molecule has 1 rings (SSSR count). The molecule has 0 heterocycles. The molecule has 0 saturated carbocycles. The van der Waals surface area contributed by atoms with Crippen LogP contribution in [0, 0.1) is 0 Å². The van der Waals surface area contributed by atoms with E-state index >= 15 is 0 Å². The fourth-order valence-corrected chi connectivity index (χ4v) is 2.17. The predicted molar refractivity (Wildman–Crippen MR) is 69.5 cm³/mol. The molecule has 1 aromatic carbocycles. The molecule has 5 heteroatoms. The van der Waals surface area contributed by atoms with E-state index in [1.165, 1.54) is 7.11 Å². The quantitative estimate of drug-likeness (QED) is 0.476. The molecule has 92 valence electrons. The third-order valence-electron chi connectivity index (χ3n) is 2.23. The van der Waals surface area contributed by atoms with Crippen molar-refractivity contribution in [2.75, 3.05) is 13.0 Å². The summed E-state index contributed by atoms with van der Waals surface area (Å²) in [6, 6.07) is 5.18. The Hall–Kier alpha value is -0.870. The molecule has 0 fully saturated rings. The Morgan fingerprint density at radius 1 is 1.41 bits per heavy atom. The number of ketones is 1. The number of halogens is 2. The van der Waals surface area contributed by atoms with Crippen LogP contribution in [0.4, 0.5) is 0 Å². The smallest absolute Gasteiger partial charge is 0.309 e. The van der Waals surface area contributed by atoms with Gasteiger partial charge in [-0.3, -0.25) is 9.59 Å². The lowest BCUT2D eigenvalue weighted by atomic mass is 10.1. The minimum Gasteiger partial charge on any atom is -0.469 e. The van der Waals surface area contributed by atoms with Crippen LogP contribution in [0.15, 0.2) is 22.7 Å². The Kier molecular flexibility index (Phi) is 5.65. The molecule has 0 radical (unpaired) electrons. The van der Waals surface area contributed by atoms with Gasteiger partial charge in [0.2, 0.25) is 0 Å². The maximum absolute atomic E-state index is 11.6. The van der Waals surface area contributed by atoms with Crippen LogP contribution in [0.25, 0.3) is 0 Å².